The summed E-state index contributed by atoms with van der Waals surface area (Å²) in [5.74, 6) is 0.752. The van der Waals surface area contributed by atoms with E-state index in [9.17, 15) is 14.4 Å². The number of benzene rings is 1. The first-order chi connectivity index (χ1) is 15.2. The summed E-state index contributed by atoms with van der Waals surface area (Å²) in [6, 6.07) is 7.78. The molecule has 1 saturated heterocycles. The van der Waals surface area contributed by atoms with Gasteiger partial charge in [-0.25, -0.2) is 0 Å². The van der Waals surface area contributed by atoms with Gasteiger partial charge >= 0.3 is 0 Å². The second kappa shape index (κ2) is 10.5. The Hall–Kier alpha value is -2.37. The molecule has 6 nitrogen and oxygen atoms in total. The standard InChI is InChI=1S/C26H39N3O3/c1-17(2)14-24(30)29-16-22-9-7-6-8-21(22)15-23(29)26(32)28-12-10-20(11-13-28)25(31)27-19(5)18(3)4/h6-9,17-20,23H,10-16H2,1-5H3,(H,27,31). The Morgan fingerprint density at radius 2 is 1.62 bits per heavy atom. The molecule has 1 N–H and O–H groups in total. The van der Waals surface area contributed by atoms with Crippen LogP contribution in [0.5, 0.6) is 0 Å². The molecule has 2 atom stereocenters. The van der Waals surface area contributed by atoms with Crippen LogP contribution in [0.15, 0.2) is 24.3 Å². The molecule has 32 heavy (non-hydrogen) atoms. The zero-order valence-electron chi connectivity index (χ0n) is 20.3. The van der Waals surface area contributed by atoms with Gasteiger partial charge in [-0.1, -0.05) is 52.0 Å². The minimum Gasteiger partial charge on any atom is -0.353 e. The first kappa shape index (κ1) is 24.3. The van der Waals surface area contributed by atoms with Gasteiger partial charge < -0.3 is 15.1 Å². The summed E-state index contributed by atoms with van der Waals surface area (Å²) in [5, 5.41) is 3.11. The van der Waals surface area contributed by atoms with E-state index in [0.717, 1.165) is 11.1 Å². The van der Waals surface area contributed by atoms with E-state index in [1.54, 1.807) is 4.90 Å². The van der Waals surface area contributed by atoms with Crippen LogP contribution < -0.4 is 5.32 Å². The third-order valence-electron chi connectivity index (χ3n) is 6.98. The molecule has 0 saturated carbocycles. The Bertz CT molecular complexity index is 827. The summed E-state index contributed by atoms with van der Waals surface area (Å²) in [7, 11) is 0. The summed E-state index contributed by atoms with van der Waals surface area (Å²) in [6.45, 7) is 11.9. The molecule has 0 aliphatic carbocycles. The third-order valence-corrected chi connectivity index (χ3v) is 6.98. The molecule has 176 valence electrons. The van der Waals surface area contributed by atoms with Crippen LogP contribution >= 0.6 is 0 Å². The number of hydrogen-bond acceptors (Lipinski definition) is 3. The molecule has 0 spiro atoms. The highest BCUT2D eigenvalue weighted by atomic mass is 16.2. The lowest BCUT2D eigenvalue weighted by molar-refractivity contribution is -0.149. The van der Waals surface area contributed by atoms with Crippen molar-refractivity contribution in [3.63, 3.8) is 0 Å². The van der Waals surface area contributed by atoms with E-state index < -0.39 is 6.04 Å². The molecule has 2 unspecified atom stereocenters. The van der Waals surface area contributed by atoms with E-state index in [2.05, 4.69) is 25.2 Å². The van der Waals surface area contributed by atoms with Crippen LogP contribution in [-0.4, -0.2) is 52.7 Å². The molecule has 1 fully saturated rings. The predicted molar refractivity (Wildman–Crippen MR) is 126 cm³/mol. The second-order valence-corrected chi connectivity index (χ2v) is 10.2. The highest BCUT2D eigenvalue weighted by molar-refractivity contribution is 5.89. The fourth-order valence-electron chi connectivity index (χ4n) is 4.55. The van der Waals surface area contributed by atoms with Crippen LogP contribution in [0.4, 0.5) is 0 Å². The lowest BCUT2D eigenvalue weighted by atomic mass is 9.90. The minimum atomic E-state index is -0.456. The van der Waals surface area contributed by atoms with Gasteiger partial charge in [-0.05, 0) is 42.7 Å². The quantitative estimate of drug-likeness (QED) is 0.736. The van der Waals surface area contributed by atoms with Gasteiger partial charge in [-0.15, -0.1) is 0 Å². The maximum Gasteiger partial charge on any atom is 0.245 e. The zero-order valence-corrected chi connectivity index (χ0v) is 20.3. The van der Waals surface area contributed by atoms with E-state index in [-0.39, 0.29) is 35.6 Å². The molecule has 0 aromatic heterocycles. The Balaban J connectivity index is 1.67. The maximum absolute atomic E-state index is 13.5. The average Bonchev–Trinajstić information content (AvgIpc) is 2.77. The molecule has 6 heteroatoms. The Labute approximate surface area is 192 Å². The first-order valence-electron chi connectivity index (χ1n) is 12.1. The van der Waals surface area contributed by atoms with Crippen molar-refractivity contribution in [2.45, 2.75) is 78.9 Å². The van der Waals surface area contributed by atoms with E-state index >= 15 is 0 Å². The molecule has 0 radical (unpaired) electrons. The van der Waals surface area contributed by atoms with E-state index in [1.807, 2.05) is 43.9 Å². The molecular weight excluding hydrogens is 402 g/mol. The SMILES string of the molecule is CC(C)CC(=O)N1Cc2ccccc2CC1C(=O)N1CCC(C(=O)NC(C)C(C)C)CC1. The van der Waals surface area contributed by atoms with Crippen LogP contribution in [0.3, 0.4) is 0 Å². The molecule has 1 aromatic carbocycles. The predicted octanol–water partition coefficient (Wildman–Crippen LogP) is 3.39. The number of carbonyl (C=O) groups excluding carboxylic acids is 3. The van der Waals surface area contributed by atoms with E-state index in [1.165, 1.54) is 0 Å². The number of amides is 3. The van der Waals surface area contributed by atoms with Crippen molar-refractivity contribution in [1.29, 1.82) is 0 Å². The lowest BCUT2D eigenvalue weighted by Crippen LogP contribution is -2.55. The molecule has 2 heterocycles. The van der Waals surface area contributed by atoms with E-state index in [0.29, 0.717) is 51.2 Å². The molecule has 1 aromatic rings. The topological polar surface area (TPSA) is 69.7 Å². The van der Waals surface area contributed by atoms with Gasteiger partial charge in [0.1, 0.15) is 6.04 Å². The monoisotopic (exact) mass is 441 g/mol. The molecule has 2 aliphatic rings. The van der Waals surface area contributed by atoms with Crippen LogP contribution in [0.2, 0.25) is 0 Å². The molecule has 2 aliphatic heterocycles. The van der Waals surface area contributed by atoms with Crippen LogP contribution in [0, 0.1) is 17.8 Å². The average molecular weight is 442 g/mol. The number of rotatable bonds is 6. The number of carbonyl (C=O) groups is 3. The number of hydrogen-bond donors (Lipinski definition) is 1. The summed E-state index contributed by atoms with van der Waals surface area (Å²) >= 11 is 0. The van der Waals surface area contributed by atoms with Gasteiger partial charge in [0.05, 0.1) is 0 Å². The first-order valence-corrected chi connectivity index (χ1v) is 12.1. The van der Waals surface area contributed by atoms with Crippen LogP contribution in [0.1, 0.15) is 65.0 Å². The van der Waals surface area contributed by atoms with Crippen molar-refractivity contribution in [1.82, 2.24) is 15.1 Å². The van der Waals surface area contributed by atoms with Gasteiger partial charge in [0.15, 0.2) is 0 Å². The van der Waals surface area contributed by atoms with E-state index in [4.69, 9.17) is 0 Å². The highest BCUT2D eigenvalue weighted by Crippen LogP contribution is 2.27. The largest absolute Gasteiger partial charge is 0.353 e. The summed E-state index contributed by atoms with van der Waals surface area (Å²) in [5.41, 5.74) is 2.28. The number of fused-ring (bicyclic) bond motifs is 1. The van der Waals surface area contributed by atoms with Crippen molar-refractivity contribution in [2.24, 2.45) is 17.8 Å². The number of piperidine rings is 1. The number of likely N-dealkylation sites (tertiary alicyclic amines) is 1. The molecule has 3 rings (SSSR count). The van der Waals surface area contributed by atoms with Crippen LogP contribution in [0.25, 0.3) is 0 Å². The van der Waals surface area contributed by atoms with Gasteiger partial charge in [-0.3, -0.25) is 14.4 Å². The van der Waals surface area contributed by atoms with Crippen molar-refractivity contribution in [2.75, 3.05) is 13.1 Å². The fraction of sp³-hybridized carbons (Fsp3) is 0.654. The lowest BCUT2D eigenvalue weighted by Gasteiger charge is -2.40. The fourth-order valence-corrected chi connectivity index (χ4v) is 4.55. The van der Waals surface area contributed by atoms with Gasteiger partial charge in [0, 0.05) is 44.4 Å². The van der Waals surface area contributed by atoms with Gasteiger partial charge in [0.2, 0.25) is 17.7 Å². The molecule has 0 bridgehead atoms. The Morgan fingerprint density at radius 3 is 2.22 bits per heavy atom. The zero-order chi connectivity index (χ0) is 23.4. The van der Waals surface area contributed by atoms with Gasteiger partial charge in [0.25, 0.3) is 0 Å². The second-order valence-electron chi connectivity index (χ2n) is 10.2. The van der Waals surface area contributed by atoms with Crippen molar-refractivity contribution in [3.05, 3.63) is 35.4 Å². The minimum absolute atomic E-state index is 0.0195. The summed E-state index contributed by atoms with van der Waals surface area (Å²) in [6.07, 6.45) is 2.35. The Kier molecular flexibility index (Phi) is 7.96. The maximum atomic E-state index is 13.5. The molecular formula is C26H39N3O3. The van der Waals surface area contributed by atoms with Crippen LogP contribution in [-0.2, 0) is 27.3 Å². The number of nitrogens with one attached hydrogen (secondary N) is 1. The van der Waals surface area contributed by atoms with Gasteiger partial charge in [-0.2, -0.15) is 0 Å². The van der Waals surface area contributed by atoms with Crippen molar-refractivity contribution < 1.29 is 14.4 Å². The smallest absolute Gasteiger partial charge is 0.245 e. The normalized spacial score (nSPS) is 20.3. The molecule has 3 amide bonds. The van der Waals surface area contributed by atoms with Crippen molar-refractivity contribution in [3.8, 4) is 0 Å². The Morgan fingerprint density at radius 1 is 1.00 bits per heavy atom. The number of nitrogens with zero attached hydrogens (tertiary/aromatic N) is 2. The summed E-state index contributed by atoms with van der Waals surface area (Å²) < 4.78 is 0. The highest BCUT2D eigenvalue weighted by Gasteiger charge is 2.38. The summed E-state index contributed by atoms with van der Waals surface area (Å²) in [4.78, 5) is 42.8. The van der Waals surface area contributed by atoms with Crippen molar-refractivity contribution >= 4 is 17.7 Å². The third kappa shape index (κ3) is 5.70.